The molecule has 98 valence electrons. The van der Waals surface area contributed by atoms with Gasteiger partial charge in [0.2, 0.25) is 0 Å². The fraction of sp³-hybridized carbons (Fsp3) is 0. The molecule has 0 atom stereocenters. The molecule has 0 saturated heterocycles. The van der Waals surface area contributed by atoms with E-state index in [1.54, 1.807) is 30.6 Å². The fourth-order valence-corrected chi connectivity index (χ4v) is 1.72. The van der Waals surface area contributed by atoms with E-state index in [4.69, 9.17) is 5.26 Å². The summed E-state index contributed by atoms with van der Waals surface area (Å²) in [6.07, 6.45) is 3.37. The van der Waals surface area contributed by atoms with Crippen molar-refractivity contribution in [1.82, 2.24) is 20.0 Å². The maximum atomic E-state index is 8.88. The number of nitrogens with zero attached hydrogens (tertiary/aromatic N) is 5. The Morgan fingerprint density at radius 3 is 2.70 bits per heavy atom. The molecule has 0 aliphatic rings. The van der Waals surface area contributed by atoms with E-state index < -0.39 is 0 Å². The van der Waals surface area contributed by atoms with Gasteiger partial charge in [0.1, 0.15) is 5.69 Å². The Morgan fingerprint density at radius 1 is 1.05 bits per heavy atom. The van der Waals surface area contributed by atoms with Crippen LogP contribution in [0.5, 0.6) is 0 Å². The highest BCUT2D eigenvalue weighted by Gasteiger charge is 2.06. The molecule has 0 amide bonds. The fourth-order valence-electron chi connectivity index (χ4n) is 1.72. The summed E-state index contributed by atoms with van der Waals surface area (Å²) in [4.78, 5) is 5.71. The lowest BCUT2D eigenvalue weighted by atomic mass is 10.2. The van der Waals surface area contributed by atoms with Gasteiger partial charge in [0.25, 0.3) is 0 Å². The molecule has 3 aromatic rings. The summed E-state index contributed by atoms with van der Waals surface area (Å²) in [6, 6.07) is 14.9. The summed E-state index contributed by atoms with van der Waals surface area (Å²) >= 11 is 0. The van der Waals surface area contributed by atoms with E-state index in [1.807, 2.05) is 24.3 Å². The minimum atomic E-state index is 0. The molecular formula is C14H10ClN5. The van der Waals surface area contributed by atoms with Crippen LogP contribution in [0.25, 0.3) is 17.1 Å². The van der Waals surface area contributed by atoms with E-state index in [9.17, 15) is 0 Å². The molecule has 2 aromatic heterocycles. The van der Waals surface area contributed by atoms with Crippen molar-refractivity contribution >= 4 is 12.4 Å². The van der Waals surface area contributed by atoms with Gasteiger partial charge in [-0.1, -0.05) is 12.1 Å². The minimum Gasteiger partial charge on any atom is -0.254 e. The molecule has 0 bridgehead atoms. The highest BCUT2D eigenvalue weighted by Crippen LogP contribution is 2.14. The topological polar surface area (TPSA) is 67.4 Å². The second-order valence-corrected chi connectivity index (χ2v) is 3.90. The molecule has 5 nitrogen and oxygen atoms in total. The first-order valence-electron chi connectivity index (χ1n) is 5.71. The zero-order valence-corrected chi connectivity index (χ0v) is 11.2. The molecule has 0 fully saturated rings. The minimum absolute atomic E-state index is 0. The smallest absolute Gasteiger partial charge is 0.131 e. The lowest BCUT2D eigenvalue weighted by molar-refractivity contribution is 0.753. The Bertz CT molecular complexity index is 746. The zero-order chi connectivity index (χ0) is 13.1. The van der Waals surface area contributed by atoms with Crippen LogP contribution in [0.1, 0.15) is 5.56 Å². The largest absolute Gasteiger partial charge is 0.254 e. The van der Waals surface area contributed by atoms with Gasteiger partial charge < -0.3 is 0 Å². The van der Waals surface area contributed by atoms with Gasteiger partial charge in [0.05, 0.1) is 29.2 Å². The van der Waals surface area contributed by atoms with Crippen molar-refractivity contribution in [3.05, 3.63) is 60.4 Å². The maximum absolute atomic E-state index is 8.88. The van der Waals surface area contributed by atoms with Crippen LogP contribution < -0.4 is 0 Å². The zero-order valence-electron chi connectivity index (χ0n) is 10.3. The molecule has 0 saturated carbocycles. The van der Waals surface area contributed by atoms with Crippen molar-refractivity contribution in [3.63, 3.8) is 0 Å². The highest BCUT2D eigenvalue weighted by molar-refractivity contribution is 5.85. The molecule has 0 aliphatic heterocycles. The van der Waals surface area contributed by atoms with Gasteiger partial charge in [0.15, 0.2) is 0 Å². The van der Waals surface area contributed by atoms with E-state index in [0.717, 1.165) is 11.4 Å². The molecule has 0 radical (unpaired) electrons. The number of rotatable bonds is 2. The van der Waals surface area contributed by atoms with E-state index >= 15 is 0 Å². The average Bonchev–Trinajstić information content (AvgIpc) is 2.98. The summed E-state index contributed by atoms with van der Waals surface area (Å²) in [5.74, 6) is 0. The first-order valence-corrected chi connectivity index (χ1v) is 5.71. The first-order chi connectivity index (χ1) is 9.36. The van der Waals surface area contributed by atoms with Crippen LogP contribution in [0.2, 0.25) is 0 Å². The van der Waals surface area contributed by atoms with Gasteiger partial charge in [-0.2, -0.15) is 15.2 Å². The summed E-state index contributed by atoms with van der Waals surface area (Å²) in [5, 5.41) is 17.4. The number of halogens is 1. The van der Waals surface area contributed by atoms with E-state index in [1.165, 1.54) is 4.80 Å². The number of pyridine rings is 1. The predicted molar refractivity (Wildman–Crippen MR) is 76.6 cm³/mol. The summed E-state index contributed by atoms with van der Waals surface area (Å²) < 4.78 is 0. The van der Waals surface area contributed by atoms with Crippen LogP contribution in [0, 0.1) is 11.3 Å². The van der Waals surface area contributed by atoms with Crippen LogP contribution in [-0.4, -0.2) is 20.0 Å². The second-order valence-electron chi connectivity index (χ2n) is 3.90. The van der Waals surface area contributed by atoms with Crippen LogP contribution in [0.3, 0.4) is 0 Å². The Kier molecular flexibility index (Phi) is 4.08. The standard InChI is InChI=1S/C14H9N5.ClH/c15-9-11-4-3-5-12(8-11)19-17-10-14(18-19)13-6-1-2-7-16-13;/h1-8,10H;1H. The van der Waals surface area contributed by atoms with Gasteiger partial charge in [-0.25, -0.2) is 0 Å². The second kappa shape index (κ2) is 5.95. The van der Waals surface area contributed by atoms with Crippen LogP contribution in [0.4, 0.5) is 0 Å². The molecule has 1 aromatic carbocycles. The monoisotopic (exact) mass is 283 g/mol. The normalized spacial score (nSPS) is 9.55. The van der Waals surface area contributed by atoms with Crippen LogP contribution in [0.15, 0.2) is 54.9 Å². The molecule has 6 heteroatoms. The van der Waals surface area contributed by atoms with Crippen LogP contribution >= 0.6 is 12.4 Å². The summed E-state index contributed by atoms with van der Waals surface area (Å²) in [7, 11) is 0. The van der Waals surface area contributed by atoms with E-state index in [-0.39, 0.29) is 12.4 Å². The third-order valence-electron chi connectivity index (χ3n) is 2.63. The highest BCUT2D eigenvalue weighted by atomic mass is 35.5. The number of aromatic nitrogens is 4. The molecule has 0 aliphatic carbocycles. The number of nitriles is 1. The molecule has 2 heterocycles. The SMILES string of the molecule is Cl.N#Cc1cccc(-n2ncc(-c3ccccn3)n2)c1. The van der Waals surface area contributed by atoms with Crippen molar-refractivity contribution in [1.29, 1.82) is 5.26 Å². The third kappa shape index (κ3) is 2.66. The molecule has 0 N–H and O–H groups in total. The third-order valence-corrected chi connectivity index (χ3v) is 2.63. The van der Waals surface area contributed by atoms with Crippen LogP contribution in [-0.2, 0) is 0 Å². The molecule has 0 spiro atoms. The van der Waals surface area contributed by atoms with Crippen molar-refractivity contribution < 1.29 is 0 Å². The van der Waals surface area contributed by atoms with Gasteiger partial charge in [-0.3, -0.25) is 4.98 Å². The lowest BCUT2D eigenvalue weighted by Gasteiger charge is -1.99. The molecule has 20 heavy (non-hydrogen) atoms. The number of hydrogen-bond donors (Lipinski definition) is 0. The van der Waals surface area contributed by atoms with Crippen molar-refractivity contribution in [2.24, 2.45) is 0 Å². The van der Waals surface area contributed by atoms with Gasteiger partial charge in [-0.05, 0) is 30.3 Å². The Morgan fingerprint density at radius 2 is 1.95 bits per heavy atom. The van der Waals surface area contributed by atoms with Crippen molar-refractivity contribution in [3.8, 4) is 23.1 Å². The van der Waals surface area contributed by atoms with Crippen molar-refractivity contribution in [2.75, 3.05) is 0 Å². The lowest BCUT2D eigenvalue weighted by Crippen LogP contribution is -1.99. The van der Waals surface area contributed by atoms with Gasteiger partial charge in [0, 0.05) is 6.20 Å². The maximum Gasteiger partial charge on any atom is 0.131 e. The molecule has 3 rings (SSSR count). The number of benzene rings is 1. The molecule has 0 unspecified atom stereocenters. The number of hydrogen-bond acceptors (Lipinski definition) is 4. The van der Waals surface area contributed by atoms with Gasteiger partial charge in [-0.15, -0.1) is 17.5 Å². The summed E-state index contributed by atoms with van der Waals surface area (Å²) in [6.45, 7) is 0. The quantitative estimate of drug-likeness (QED) is 0.725. The Labute approximate surface area is 121 Å². The summed E-state index contributed by atoms with van der Waals surface area (Å²) in [5.41, 5.74) is 2.79. The van der Waals surface area contributed by atoms with E-state index in [2.05, 4.69) is 21.3 Å². The first kappa shape index (κ1) is 13.7. The Balaban J connectivity index is 0.00000147. The van der Waals surface area contributed by atoms with E-state index in [0.29, 0.717) is 11.3 Å². The average molecular weight is 284 g/mol. The predicted octanol–water partition coefficient (Wildman–Crippen LogP) is 2.62. The molecular weight excluding hydrogens is 274 g/mol. The Hall–Kier alpha value is -2.71. The van der Waals surface area contributed by atoms with Gasteiger partial charge >= 0.3 is 0 Å². The van der Waals surface area contributed by atoms with Crippen molar-refractivity contribution in [2.45, 2.75) is 0 Å².